The third-order valence-electron chi connectivity index (χ3n) is 3.50. The molecule has 6 heteroatoms. The first-order valence-corrected chi connectivity index (χ1v) is 6.50. The molecule has 0 bridgehead atoms. The molecule has 1 atom stereocenters. The van der Waals surface area contributed by atoms with Crippen LogP contribution in [-0.2, 0) is 6.42 Å². The summed E-state index contributed by atoms with van der Waals surface area (Å²) >= 11 is 3.25. The molecule has 0 spiro atoms. The zero-order valence-corrected chi connectivity index (χ0v) is 11.4. The molecule has 2 aromatic carbocycles. The quantitative estimate of drug-likeness (QED) is 0.393. The zero-order valence-electron chi connectivity index (χ0n) is 9.78. The maximum atomic E-state index is 13.7. The third-order valence-corrected chi connectivity index (χ3v) is 3.99. The number of hydrogen-bond acceptors (Lipinski definition) is 0. The van der Waals surface area contributed by atoms with Crippen LogP contribution in [0.1, 0.15) is 22.6 Å². The van der Waals surface area contributed by atoms with Gasteiger partial charge in [-0.3, -0.25) is 0 Å². The van der Waals surface area contributed by atoms with E-state index >= 15 is 0 Å². The molecule has 1 aliphatic carbocycles. The van der Waals surface area contributed by atoms with Gasteiger partial charge < -0.3 is 0 Å². The standard InChI is InChI=1S/C14H6BrF5/c15-6-1-2-7-5(3-6)4-8(7)9-10(16)12(18)14(20)13(19)11(9)17/h1-3,8H,4H2. The second kappa shape index (κ2) is 4.55. The molecule has 2 aromatic rings. The number of hydrogen-bond donors (Lipinski definition) is 0. The molecule has 1 aliphatic rings. The van der Waals surface area contributed by atoms with E-state index in [0.717, 1.165) is 10.0 Å². The molecular formula is C14H6BrF5. The summed E-state index contributed by atoms with van der Waals surface area (Å²) in [4.78, 5) is 0. The molecule has 104 valence electrons. The molecule has 1 unspecified atom stereocenters. The zero-order chi connectivity index (χ0) is 14.6. The van der Waals surface area contributed by atoms with Crippen LogP contribution in [0.25, 0.3) is 0 Å². The summed E-state index contributed by atoms with van der Waals surface area (Å²) in [7, 11) is 0. The first-order chi connectivity index (χ1) is 9.41. The predicted molar refractivity (Wildman–Crippen MR) is 65.9 cm³/mol. The lowest BCUT2D eigenvalue weighted by Gasteiger charge is -2.31. The van der Waals surface area contributed by atoms with E-state index in [1.54, 1.807) is 18.2 Å². The van der Waals surface area contributed by atoms with Crippen molar-refractivity contribution in [1.82, 2.24) is 0 Å². The van der Waals surface area contributed by atoms with Crippen LogP contribution in [0.2, 0.25) is 0 Å². The molecule has 0 fully saturated rings. The van der Waals surface area contributed by atoms with Crippen LogP contribution in [0.3, 0.4) is 0 Å². The highest BCUT2D eigenvalue weighted by Crippen LogP contribution is 2.44. The summed E-state index contributed by atoms with van der Waals surface area (Å²) in [5, 5.41) is 0. The van der Waals surface area contributed by atoms with Gasteiger partial charge in [0.2, 0.25) is 5.82 Å². The van der Waals surface area contributed by atoms with Crippen LogP contribution >= 0.6 is 15.9 Å². The molecule has 0 heterocycles. The van der Waals surface area contributed by atoms with E-state index in [1.165, 1.54) is 0 Å². The van der Waals surface area contributed by atoms with Crippen LogP contribution in [-0.4, -0.2) is 0 Å². The smallest absolute Gasteiger partial charge is 0.200 e. The van der Waals surface area contributed by atoms with Crippen molar-refractivity contribution in [2.75, 3.05) is 0 Å². The summed E-state index contributed by atoms with van der Waals surface area (Å²) in [6.45, 7) is 0. The fourth-order valence-corrected chi connectivity index (χ4v) is 2.88. The van der Waals surface area contributed by atoms with Crippen LogP contribution in [0, 0.1) is 29.1 Å². The van der Waals surface area contributed by atoms with Gasteiger partial charge in [-0.1, -0.05) is 22.0 Å². The molecule has 0 N–H and O–H groups in total. The molecule has 0 saturated carbocycles. The molecule has 0 amide bonds. The number of benzene rings is 2. The van der Waals surface area contributed by atoms with E-state index in [4.69, 9.17) is 0 Å². The molecule has 20 heavy (non-hydrogen) atoms. The lowest BCUT2D eigenvalue weighted by atomic mass is 9.73. The van der Waals surface area contributed by atoms with Crippen molar-refractivity contribution in [2.24, 2.45) is 0 Å². The third kappa shape index (κ3) is 1.78. The highest BCUT2D eigenvalue weighted by Gasteiger charge is 2.36. The van der Waals surface area contributed by atoms with Gasteiger partial charge in [0.1, 0.15) is 0 Å². The average Bonchev–Trinajstić information content (AvgIpc) is 2.40. The molecule has 0 saturated heterocycles. The van der Waals surface area contributed by atoms with Crippen LogP contribution in [0.15, 0.2) is 22.7 Å². The molecule has 0 radical (unpaired) electrons. The highest BCUT2D eigenvalue weighted by atomic mass is 79.9. The van der Waals surface area contributed by atoms with Crippen LogP contribution < -0.4 is 0 Å². The van der Waals surface area contributed by atoms with Crippen molar-refractivity contribution in [2.45, 2.75) is 12.3 Å². The van der Waals surface area contributed by atoms with Gasteiger partial charge in [-0.25, -0.2) is 22.0 Å². The van der Waals surface area contributed by atoms with Gasteiger partial charge in [0, 0.05) is 16.0 Å². The second-order valence-electron chi connectivity index (χ2n) is 4.58. The highest BCUT2D eigenvalue weighted by molar-refractivity contribution is 9.10. The Morgan fingerprint density at radius 3 is 1.95 bits per heavy atom. The lowest BCUT2D eigenvalue weighted by Crippen LogP contribution is -2.22. The van der Waals surface area contributed by atoms with Crippen molar-refractivity contribution < 1.29 is 22.0 Å². The Hall–Kier alpha value is -1.43. The maximum absolute atomic E-state index is 13.7. The minimum Gasteiger partial charge on any atom is -0.203 e. The Morgan fingerprint density at radius 2 is 1.40 bits per heavy atom. The summed E-state index contributed by atoms with van der Waals surface area (Å²) in [5.41, 5.74) is 0.654. The minimum atomic E-state index is -2.13. The van der Waals surface area contributed by atoms with E-state index in [-0.39, 0.29) is 6.42 Å². The predicted octanol–water partition coefficient (Wildman–Crippen LogP) is 4.83. The summed E-state index contributed by atoms with van der Waals surface area (Å²) in [6, 6.07) is 5.04. The second-order valence-corrected chi connectivity index (χ2v) is 5.50. The summed E-state index contributed by atoms with van der Waals surface area (Å²) in [5.74, 6) is -10.2. The van der Waals surface area contributed by atoms with Gasteiger partial charge in [0.25, 0.3) is 0 Å². The number of halogens is 6. The SMILES string of the molecule is Fc1c(F)c(F)c(C2Cc3cc(Br)ccc32)c(F)c1F. The first-order valence-electron chi connectivity index (χ1n) is 5.71. The summed E-state index contributed by atoms with van der Waals surface area (Å²) < 4.78 is 67.6. The topological polar surface area (TPSA) is 0 Å². The van der Waals surface area contributed by atoms with Gasteiger partial charge >= 0.3 is 0 Å². The average molecular weight is 349 g/mol. The molecular weight excluding hydrogens is 343 g/mol. The summed E-state index contributed by atoms with van der Waals surface area (Å²) in [6.07, 6.45) is 0.243. The molecule has 3 rings (SSSR count). The van der Waals surface area contributed by atoms with E-state index in [0.29, 0.717) is 5.56 Å². The molecule has 0 nitrogen and oxygen atoms in total. The van der Waals surface area contributed by atoms with Crippen LogP contribution in [0.4, 0.5) is 22.0 Å². The fourth-order valence-electron chi connectivity index (χ4n) is 2.48. The molecule has 0 aromatic heterocycles. The van der Waals surface area contributed by atoms with Gasteiger partial charge in [-0.05, 0) is 29.7 Å². The van der Waals surface area contributed by atoms with Crippen molar-refractivity contribution >= 4 is 15.9 Å². The fraction of sp³-hybridized carbons (Fsp3) is 0.143. The van der Waals surface area contributed by atoms with Crippen LogP contribution in [0.5, 0.6) is 0 Å². The van der Waals surface area contributed by atoms with Crippen molar-refractivity contribution in [3.8, 4) is 0 Å². The van der Waals surface area contributed by atoms with Gasteiger partial charge in [-0.2, -0.15) is 0 Å². The van der Waals surface area contributed by atoms with Gasteiger partial charge in [-0.15, -0.1) is 0 Å². The molecule has 0 aliphatic heterocycles. The number of rotatable bonds is 1. The van der Waals surface area contributed by atoms with Gasteiger partial charge in [0.05, 0.1) is 0 Å². The Kier molecular flexibility index (Phi) is 3.08. The Bertz CT molecular complexity index is 697. The van der Waals surface area contributed by atoms with Crippen molar-refractivity contribution in [1.29, 1.82) is 0 Å². The minimum absolute atomic E-state index is 0.243. The monoisotopic (exact) mass is 348 g/mol. The maximum Gasteiger partial charge on any atom is 0.200 e. The van der Waals surface area contributed by atoms with E-state index in [9.17, 15) is 22.0 Å². The van der Waals surface area contributed by atoms with E-state index < -0.39 is 40.6 Å². The largest absolute Gasteiger partial charge is 0.203 e. The van der Waals surface area contributed by atoms with Crippen molar-refractivity contribution in [3.63, 3.8) is 0 Å². The van der Waals surface area contributed by atoms with E-state index in [2.05, 4.69) is 15.9 Å². The van der Waals surface area contributed by atoms with E-state index in [1.807, 2.05) is 0 Å². The van der Waals surface area contributed by atoms with Gasteiger partial charge in [0.15, 0.2) is 23.3 Å². The Morgan fingerprint density at radius 1 is 0.850 bits per heavy atom. The van der Waals surface area contributed by atoms with Crippen molar-refractivity contribution in [3.05, 3.63) is 68.4 Å². The Labute approximate surface area is 119 Å². The number of fused-ring (bicyclic) bond motifs is 1. The lowest BCUT2D eigenvalue weighted by molar-refractivity contribution is 0.364. The normalized spacial score (nSPS) is 16.8. The Balaban J connectivity index is 2.16. The first kappa shape index (κ1) is 13.5.